The number of aliphatic hydroxyl groups excluding tert-OH is 1. The molecule has 0 heterocycles. The Morgan fingerprint density at radius 3 is 2.26 bits per heavy atom. The van der Waals surface area contributed by atoms with Crippen LogP contribution < -0.4 is 10.0 Å². The van der Waals surface area contributed by atoms with Gasteiger partial charge in [-0.15, -0.1) is 0 Å². The zero-order chi connectivity index (χ0) is 22.4. The molecule has 0 saturated heterocycles. The van der Waals surface area contributed by atoms with Gasteiger partial charge >= 0.3 is 0 Å². The van der Waals surface area contributed by atoms with Crippen LogP contribution in [0.25, 0.3) is 0 Å². The number of halogens is 1. The molecule has 0 fully saturated rings. The zero-order valence-corrected chi connectivity index (χ0v) is 17.8. The van der Waals surface area contributed by atoms with Gasteiger partial charge < -0.3 is 15.5 Å². The fraction of sp³-hybridized carbons (Fsp3) is 0.217. The number of sulfonamides is 1. The summed E-state index contributed by atoms with van der Waals surface area (Å²) in [6, 6.07) is 20.1. The molecule has 4 N–H and O–H groups in total. The lowest BCUT2D eigenvalue weighted by atomic mass is 9.98. The van der Waals surface area contributed by atoms with Crippen molar-refractivity contribution >= 4 is 15.7 Å². The van der Waals surface area contributed by atoms with Gasteiger partial charge in [0.1, 0.15) is 11.6 Å². The van der Waals surface area contributed by atoms with Crippen LogP contribution in [0.1, 0.15) is 28.8 Å². The smallest absolute Gasteiger partial charge is 0.229 e. The minimum atomic E-state index is -3.58. The molecule has 0 amide bonds. The quantitative estimate of drug-likeness (QED) is 0.379. The van der Waals surface area contributed by atoms with Gasteiger partial charge in [0, 0.05) is 12.6 Å². The SMILES string of the molecule is CS(=O)(=O)Nc1cc([C@@H](O)CN[C@H](Cc2ccccc2)c2ccc(F)cc2)ccc1O. The minimum Gasteiger partial charge on any atom is -0.506 e. The lowest BCUT2D eigenvalue weighted by Gasteiger charge is -2.22. The summed E-state index contributed by atoms with van der Waals surface area (Å²) in [6.45, 7) is 0.165. The Kier molecular flexibility index (Phi) is 7.27. The molecule has 3 aromatic rings. The Balaban J connectivity index is 1.76. The maximum Gasteiger partial charge on any atom is 0.229 e. The van der Waals surface area contributed by atoms with Gasteiger partial charge in [-0.1, -0.05) is 48.5 Å². The molecule has 0 radical (unpaired) electrons. The summed E-state index contributed by atoms with van der Waals surface area (Å²) in [5.74, 6) is -0.556. The van der Waals surface area contributed by atoms with Crippen molar-refractivity contribution in [2.24, 2.45) is 0 Å². The molecule has 0 aliphatic heterocycles. The van der Waals surface area contributed by atoms with E-state index in [1.807, 2.05) is 30.3 Å². The molecule has 0 aromatic heterocycles. The molecule has 3 rings (SSSR count). The average Bonchev–Trinajstić information content (AvgIpc) is 2.73. The molecule has 6 nitrogen and oxygen atoms in total. The van der Waals surface area contributed by atoms with Gasteiger partial charge in [0.05, 0.1) is 18.0 Å². The second kappa shape index (κ2) is 9.91. The Bertz CT molecular complexity index is 1110. The third-order valence-electron chi connectivity index (χ3n) is 4.81. The lowest BCUT2D eigenvalue weighted by Crippen LogP contribution is -2.28. The molecule has 0 saturated carbocycles. The third-order valence-corrected chi connectivity index (χ3v) is 5.40. The summed E-state index contributed by atoms with van der Waals surface area (Å²) >= 11 is 0. The summed E-state index contributed by atoms with van der Waals surface area (Å²) in [5.41, 5.74) is 2.40. The molecule has 8 heteroatoms. The van der Waals surface area contributed by atoms with Crippen LogP contribution in [0.15, 0.2) is 72.8 Å². The normalized spacial score (nSPS) is 13.5. The Labute approximate surface area is 181 Å². The standard InChI is InChI=1S/C23H25FN2O4S/c1-31(29,30)26-21-14-18(9-12-22(21)27)23(28)15-25-20(13-16-5-3-2-4-6-16)17-7-10-19(24)11-8-17/h2-12,14,20,23,25-28H,13,15H2,1H3/t20-,23+/m1/s1. The number of anilines is 1. The van der Waals surface area contributed by atoms with E-state index in [0.717, 1.165) is 17.4 Å². The van der Waals surface area contributed by atoms with Crippen molar-refractivity contribution in [2.45, 2.75) is 18.6 Å². The van der Waals surface area contributed by atoms with E-state index in [1.165, 1.54) is 30.3 Å². The molecule has 0 aliphatic carbocycles. The number of hydrogen-bond donors (Lipinski definition) is 4. The van der Waals surface area contributed by atoms with E-state index >= 15 is 0 Å². The molecular formula is C23H25FN2O4S. The highest BCUT2D eigenvalue weighted by Gasteiger charge is 2.17. The van der Waals surface area contributed by atoms with Crippen molar-refractivity contribution < 1.29 is 23.0 Å². The summed E-state index contributed by atoms with van der Waals surface area (Å²) in [7, 11) is -3.58. The molecule has 2 atom stereocenters. The topological polar surface area (TPSA) is 98.7 Å². The maximum absolute atomic E-state index is 13.4. The number of rotatable bonds is 9. The first-order valence-electron chi connectivity index (χ1n) is 9.73. The van der Waals surface area contributed by atoms with Crippen molar-refractivity contribution in [3.63, 3.8) is 0 Å². The van der Waals surface area contributed by atoms with Crippen LogP contribution in [0.4, 0.5) is 10.1 Å². The predicted octanol–water partition coefficient (Wildman–Crippen LogP) is 3.51. The number of aromatic hydroxyl groups is 1. The number of aliphatic hydroxyl groups is 1. The van der Waals surface area contributed by atoms with Crippen molar-refractivity contribution in [2.75, 3.05) is 17.5 Å². The van der Waals surface area contributed by atoms with Gasteiger partial charge in [0.25, 0.3) is 0 Å². The highest BCUT2D eigenvalue weighted by molar-refractivity contribution is 7.92. The van der Waals surface area contributed by atoms with Crippen molar-refractivity contribution in [1.82, 2.24) is 5.32 Å². The van der Waals surface area contributed by atoms with Crippen molar-refractivity contribution in [1.29, 1.82) is 0 Å². The lowest BCUT2D eigenvalue weighted by molar-refractivity contribution is 0.169. The molecule has 0 spiro atoms. The average molecular weight is 445 g/mol. The predicted molar refractivity (Wildman–Crippen MR) is 119 cm³/mol. The summed E-state index contributed by atoms with van der Waals surface area (Å²) in [5, 5.41) is 23.8. The van der Waals surface area contributed by atoms with Crippen molar-refractivity contribution in [3.8, 4) is 5.75 Å². The van der Waals surface area contributed by atoms with E-state index in [1.54, 1.807) is 12.1 Å². The van der Waals surface area contributed by atoms with Crippen LogP contribution in [0.2, 0.25) is 0 Å². The molecule has 0 aliphatic rings. The Morgan fingerprint density at radius 2 is 1.61 bits per heavy atom. The van der Waals surface area contributed by atoms with Crippen LogP contribution in [-0.2, 0) is 16.4 Å². The number of phenolic OH excluding ortho intramolecular Hbond substituents is 1. The van der Waals surface area contributed by atoms with Gasteiger partial charge in [-0.3, -0.25) is 4.72 Å². The van der Waals surface area contributed by atoms with E-state index < -0.39 is 16.1 Å². The van der Waals surface area contributed by atoms with Crippen LogP contribution in [0.5, 0.6) is 5.75 Å². The number of phenols is 1. The van der Waals surface area contributed by atoms with Gasteiger partial charge in [-0.25, -0.2) is 12.8 Å². The summed E-state index contributed by atoms with van der Waals surface area (Å²) in [6.07, 6.45) is 0.656. The van der Waals surface area contributed by atoms with Crippen LogP contribution in [0, 0.1) is 5.82 Å². The molecule has 31 heavy (non-hydrogen) atoms. The molecule has 0 bridgehead atoms. The van der Waals surface area contributed by atoms with Gasteiger partial charge in [0.15, 0.2) is 0 Å². The second-order valence-electron chi connectivity index (χ2n) is 7.37. The van der Waals surface area contributed by atoms with Crippen LogP contribution in [0.3, 0.4) is 0 Å². The van der Waals surface area contributed by atoms with Crippen LogP contribution >= 0.6 is 0 Å². The van der Waals surface area contributed by atoms with E-state index in [9.17, 15) is 23.0 Å². The zero-order valence-electron chi connectivity index (χ0n) is 17.0. The van der Waals surface area contributed by atoms with Gasteiger partial charge in [-0.2, -0.15) is 0 Å². The maximum atomic E-state index is 13.4. The molecular weight excluding hydrogens is 419 g/mol. The summed E-state index contributed by atoms with van der Waals surface area (Å²) < 4.78 is 38.6. The monoisotopic (exact) mass is 444 g/mol. The van der Waals surface area contributed by atoms with E-state index in [-0.39, 0.29) is 29.8 Å². The van der Waals surface area contributed by atoms with E-state index in [0.29, 0.717) is 12.0 Å². The van der Waals surface area contributed by atoms with Gasteiger partial charge in [-0.05, 0) is 47.4 Å². The highest BCUT2D eigenvalue weighted by atomic mass is 32.2. The fourth-order valence-electron chi connectivity index (χ4n) is 3.27. The molecule has 164 valence electrons. The third kappa shape index (κ3) is 6.78. The molecule has 3 aromatic carbocycles. The second-order valence-corrected chi connectivity index (χ2v) is 9.12. The first-order chi connectivity index (χ1) is 14.7. The molecule has 0 unspecified atom stereocenters. The van der Waals surface area contributed by atoms with Crippen LogP contribution in [-0.4, -0.2) is 31.4 Å². The number of benzene rings is 3. The first kappa shape index (κ1) is 22.7. The van der Waals surface area contributed by atoms with Gasteiger partial charge in [0.2, 0.25) is 10.0 Å². The summed E-state index contributed by atoms with van der Waals surface area (Å²) in [4.78, 5) is 0. The number of hydrogen-bond acceptors (Lipinski definition) is 5. The first-order valence-corrected chi connectivity index (χ1v) is 11.6. The van der Waals surface area contributed by atoms with E-state index in [2.05, 4.69) is 10.0 Å². The fourth-order valence-corrected chi connectivity index (χ4v) is 3.83. The van der Waals surface area contributed by atoms with Crippen molar-refractivity contribution in [3.05, 3.63) is 95.3 Å². The highest BCUT2D eigenvalue weighted by Crippen LogP contribution is 2.28. The number of nitrogens with one attached hydrogen (secondary N) is 2. The largest absolute Gasteiger partial charge is 0.506 e. The Morgan fingerprint density at radius 1 is 0.968 bits per heavy atom. The van der Waals surface area contributed by atoms with E-state index in [4.69, 9.17) is 0 Å². The Hall–Kier alpha value is -2.94. The minimum absolute atomic E-state index is 0.00146.